The summed E-state index contributed by atoms with van der Waals surface area (Å²) in [6, 6.07) is 35.8. The third-order valence-corrected chi connectivity index (χ3v) is 6.85. The summed E-state index contributed by atoms with van der Waals surface area (Å²) in [6.45, 7) is 0. The average Bonchev–Trinajstić information content (AvgIpc) is 3.43. The first kappa shape index (κ1) is 24.9. The topological polar surface area (TPSA) is 114 Å². The summed E-state index contributed by atoms with van der Waals surface area (Å²) in [5, 5.41) is 10.2. The Hall–Kier alpha value is -6.07. The lowest BCUT2D eigenvalue weighted by molar-refractivity contribution is 0.664. The van der Waals surface area contributed by atoms with Crippen LogP contribution < -0.4 is 0 Å². The first-order chi connectivity index (χ1) is 20.7. The van der Waals surface area contributed by atoms with Gasteiger partial charge in [0.2, 0.25) is 5.82 Å². The van der Waals surface area contributed by atoms with Crippen LogP contribution >= 0.6 is 0 Å². The molecule has 0 spiro atoms. The van der Waals surface area contributed by atoms with Crippen molar-refractivity contribution in [1.82, 2.24) is 24.9 Å². The molecule has 7 aromatic rings. The van der Waals surface area contributed by atoms with Crippen molar-refractivity contribution < 1.29 is 4.42 Å². The van der Waals surface area contributed by atoms with Crippen LogP contribution in [0.15, 0.2) is 113 Å². The maximum atomic E-state index is 9.41. The zero-order valence-electron chi connectivity index (χ0n) is 22.4. The van der Waals surface area contributed by atoms with Gasteiger partial charge in [0, 0.05) is 29.1 Å². The number of aromatic nitrogens is 5. The van der Waals surface area contributed by atoms with E-state index >= 15 is 0 Å². The van der Waals surface area contributed by atoms with Gasteiger partial charge in [-0.05, 0) is 29.3 Å². The molecule has 3 aromatic heterocycles. The van der Waals surface area contributed by atoms with E-state index in [1.165, 1.54) is 0 Å². The third-order valence-electron chi connectivity index (χ3n) is 6.85. The Balaban J connectivity index is 1.34. The fourth-order valence-corrected chi connectivity index (χ4v) is 4.88. The first-order valence-electron chi connectivity index (χ1n) is 13.2. The predicted octanol–water partition coefficient (Wildman–Crippen LogP) is 7.15. The highest BCUT2D eigenvalue weighted by molar-refractivity contribution is 6.08. The number of aliphatic imine (C=N–C) groups is 1. The molecule has 8 nitrogen and oxygen atoms in total. The Kier molecular flexibility index (Phi) is 6.22. The lowest BCUT2D eigenvalue weighted by Gasteiger charge is -2.09. The molecule has 0 aliphatic heterocycles. The Morgan fingerprint density at radius 3 is 1.88 bits per heavy atom. The van der Waals surface area contributed by atoms with E-state index in [2.05, 4.69) is 21.0 Å². The van der Waals surface area contributed by atoms with Crippen LogP contribution in [-0.2, 0) is 0 Å². The van der Waals surface area contributed by atoms with Gasteiger partial charge in [0.05, 0.1) is 6.21 Å². The van der Waals surface area contributed by atoms with Crippen molar-refractivity contribution in [3.8, 4) is 51.4 Å². The molecule has 0 radical (unpaired) electrons. The molecule has 0 saturated heterocycles. The van der Waals surface area contributed by atoms with Crippen molar-refractivity contribution in [3.05, 3.63) is 115 Å². The second-order valence-corrected chi connectivity index (χ2v) is 9.54. The fraction of sp³-hybridized carbons (Fsp3) is 0.0294. The van der Waals surface area contributed by atoms with Crippen LogP contribution in [0.2, 0.25) is 0 Å². The van der Waals surface area contributed by atoms with Crippen LogP contribution in [0.5, 0.6) is 0 Å². The Bertz CT molecular complexity index is 2110. The highest BCUT2D eigenvalue weighted by Crippen LogP contribution is 2.34. The average molecular weight is 544 g/mol. The molecule has 0 N–H and O–H groups in total. The second kappa shape index (κ2) is 10.5. The van der Waals surface area contributed by atoms with Crippen molar-refractivity contribution in [2.75, 3.05) is 7.05 Å². The normalized spacial score (nSPS) is 11.3. The quantitative estimate of drug-likeness (QED) is 0.212. The molecule has 3 heterocycles. The molecule has 0 aliphatic rings. The highest BCUT2D eigenvalue weighted by atomic mass is 16.3. The summed E-state index contributed by atoms with van der Waals surface area (Å²) < 4.78 is 6.18. The first-order valence-corrected chi connectivity index (χ1v) is 13.2. The van der Waals surface area contributed by atoms with Crippen molar-refractivity contribution in [3.63, 3.8) is 0 Å². The molecule has 4 aromatic carbocycles. The molecular formula is C34H21N7O. The standard InChI is InChI=1S/C34H21N7O/c1-36-20-27-31-30(38-29(19-35)37-27)26-16-15-24(18-28(26)42-31)23-13-8-14-25(17-23)34-40-32(21-9-4-2-5-10-21)39-33(41-34)22-11-6-3-7-12-22/h2-18,20H,1H3/b36-20-. The molecule has 0 fully saturated rings. The third kappa shape index (κ3) is 4.55. The summed E-state index contributed by atoms with van der Waals surface area (Å²) in [5.41, 5.74) is 6.80. The SMILES string of the molecule is C/N=C\c1nc(C#N)nc2c1oc1cc(-c3cccc(-c4nc(-c5ccccc5)nc(-c5ccccc5)n4)c3)ccc12. The summed E-state index contributed by atoms with van der Waals surface area (Å²) >= 11 is 0. The number of hydrogen-bond acceptors (Lipinski definition) is 8. The number of rotatable bonds is 5. The Labute approximate surface area is 240 Å². The maximum Gasteiger partial charge on any atom is 0.233 e. The van der Waals surface area contributed by atoms with Crippen LogP contribution in [0.1, 0.15) is 11.5 Å². The summed E-state index contributed by atoms with van der Waals surface area (Å²) in [7, 11) is 1.64. The maximum absolute atomic E-state index is 9.41. The van der Waals surface area contributed by atoms with Gasteiger partial charge < -0.3 is 4.42 Å². The lowest BCUT2D eigenvalue weighted by atomic mass is 10.0. The molecule has 198 valence electrons. The molecule has 7 rings (SSSR count). The van der Waals surface area contributed by atoms with Gasteiger partial charge in [-0.25, -0.2) is 24.9 Å². The van der Waals surface area contributed by atoms with Gasteiger partial charge in [-0.2, -0.15) is 5.26 Å². The zero-order valence-corrected chi connectivity index (χ0v) is 22.4. The second-order valence-electron chi connectivity index (χ2n) is 9.54. The van der Waals surface area contributed by atoms with Gasteiger partial charge in [0.1, 0.15) is 22.9 Å². The van der Waals surface area contributed by atoms with Gasteiger partial charge in [-0.15, -0.1) is 0 Å². The van der Waals surface area contributed by atoms with E-state index in [0.29, 0.717) is 39.8 Å². The van der Waals surface area contributed by atoms with E-state index in [9.17, 15) is 5.26 Å². The zero-order chi connectivity index (χ0) is 28.5. The number of nitrogens with zero attached hydrogens (tertiary/aromatic N) is 7. The van der Waals surface area contributed by atoms with Crippen molar-refractivity contribution in [1.29, 1.82) is 5.26 Å². The monoisotopic (exact) mass is 543 g/mol. The van der Waals surface area contributed by atoms with E-state index in [1.54, 1.807) is 13.3 Å². The minimum Gasteiger partial charge on any atom is -0.452 e. The highest BCUT2D eigenvalue weighted by Gasteiger charge is 2.17. The van der Waals surface area contributed by atoms with Crippen molar-refractivity contribution in [2.24, 2.45) is 4.99 Å². The lowest BCUT2D eigenvalue weighted by Crippen LogP contribution is -2.00. The molecule has 0 bridgehead atoms. The van der Waals surface area contributed by atoms with Crippen LogP contribution in [0, 0.1) is 11.3 Å². The minimum absolute atomic E-state index is 0.0685. The Morgan fingerprint density at radius 2 is 1.24 bits per heavy atom. The summed E-state index contributed by atoms with van der Waals surface area (Å²) in [6.07, 6.45) is 1.57. The molecule has 42 heavy (non-hydrogen) atoms. The number of hydrogen-bond donors (Lipinski definition) is 0. The van der Waals surface area contributed by atoms with Crippen molar-refractivity contribution in [2.45, 2.75) is 0 Å². The number of furan rings is 1. The van der Waals surface area contributed by atoms with Crippen LogP contribution in [0.4, 0.5) is 0 Å². The Morgan fingerprint density at radius 1 is 0.643 bits per heavy atom. The molecule has 0 saturated carbocycles. The fourth-order valence-electron chi connectivity index (χ4n) is 4.88. The van der Waals surface area contributed by atoms with Gasteiger partial charge >= 0.3 is 0 Å². The number of benzene rings is 4. The summed E-state index contributed by atoms with van der Waals surface area (Å²) in [4.78, 5) is 27.2. The van der Waals surface area contributed by atoms with Gasteiger partial charge in [0.15, 0.2) is 23.1 Å². The molecule has 0 aliphatic carbocycles. The van der Waals surface area contributed by atoms with Crippen LogP contribution in [0.3, 0.4) is 0 Å². The van der Waals surface area contributed by atoms with E-state index < -0.39 is 0 Å². The minimum atomic E-state index is 0.0685. The van der Waals surface area contributed by atoms with E-state index in [1.807, 2.05) is 103 Å². The van der Waals surface area contributed by atoms with Gasteiger partial charge in [0.25, 0.3) is 0 Å². The van der Waals surface area contributed by atoms with E-state index in [4.69, 9.17) is 19.4 Å². The smallest absolute Gasteiger partial charge is 0.233 e. The van der Waals surface area contributed by atoms with Crippen LogP contribution in [0.25, 0.3) is 67.4 Å². The van der Waals surface area contributed by atoms with Gasteiger partial charge in [-0.1, -0.05) is 84.9 Å². The molecule has 0 unspecified atom stereocenters. The predicted molar refractivity (Wildman–Crippen MR) is 163 cm³/mol. The van der Waals surface area contributed by atoms with Crippen LogP contribution in [-0.4, -0.2) is 38.2 Å². The summed E-state index contributed by atoms with van der Waals surface area (Å²) in [5.74, 6) is 1.87. The largest absolute Gasteiger partial charge is 0.452 e. The number of nitriles is 1. The van der Waals surface area contributed by atoms with E-state index in [-0.39, 0.29) is 5.82 Å². The van der Waals surface area contributed by atoms with Crippen molar-refractivity contribution >= 4 is 28.3 Å². The number of fused-ring (bicyclic) bond motifs is 3. The molecule has 8 heteroatoms. The molecule has 0 amide bonds. The van der Waals surface area contributed by atoms with Gasteiger partial charge in [-0.3, -0.25) is 4.99 Å². The molecule has 0 atom stereocenters. The van der Waals surface area contributed by atoms with E-state index in [0.717, 1.165) is 33.2 Å². The molecular weight excluding hydrogens is 522 g/mol.